The first-order valence-electron chi connectivity index (χ1n) is 5.87. The van der Waals surface area contributed by atoms with E-state index in [1.165, 1.54) is 22.6 Å². The van der Waals surface area contributed by atoms with E-state index < -0.39 is 0 Å². The Labute approximate surface area is 106 Å². The quantitative estimate of drug-likeness (QED) is 0.881. The number of hydrogen-bond donors (Lipinski definition) is 1. The number of aromatic nitrogens is 2. The monoisotopic (exact) mass is 247 g/mol. The van der Waals surface area contributed by atoms with Crippen molar-refractivity contribution in [1.82, 2.24) is 15.3 Å². The third kappa shape index (κ3) is 2.90. The minimum Gasteiger partial charge on any atom is -0.312 e. The van der Waals surface area contributed by atoms with Gasteiger partial charge in [0.05, 0.1) is 0 Å². The summed E-state index contributed by atoms with van der Waals surface area (Å²) in [7, 11) is 2.02. The van der Waals surface area contributed by atoms with Crippen LogP contribution in [0.1, 0.15) is 30.7 Å². The second-order valence-corrected chi connectivity index (χ2v) is 5.07. The Morgan fingerprint density at radius 2 is 2.06 bits per heavy atom. The SMILES string of the molecule is CCCC(NC)c1ccc(-c2cncnc2)s1. The first-order valence-corrected chi connectivity index (χ1v) is 6.69. The average Bonchev–Trinajstić information content (AvgIpc) is 2.86. The predicted molar refractivity (Wildman–Crippen MR) is 72.1 cm³/mol. The maximum absolute atomic E-state index is 4.05. The minimum atomic E-state index is 0.461. The van der Waals surface area contributed by atoms with Crippen molar-refractivity contribution >= 4 is 11.3 Å². The van der Waals surface area contributed by atoms with Crippen molar-refractivity contribution < 1.29 is 0 Å². The van der Waals surface area contributed by atoms with Crippen LogP contribution in [-0.4, -0.2) is 17.0 Å². The lowest BCUT2D eigenvalue weighted by Crippen LogP contribution is -2.14. The maximum Gasteiger partial charge on any atom is 0.115 e. The summed E-state index contributed by atoms with van der Waals surface area (Å²) in [5, 5.41) is 3.36. The van der Waals surface area contributed by atoms with E-state index >= 15 is 0 Å². The summed E-state index contributed by atoms with van der Waals surface area (Å²) < 4.78 is 0. The summed E-state index contributed by atoms with van der Waals surface area (Å²) in [5.74, 6) is 0. The van der Waals surface area contributed by atoms with Crippen LogP contribution in [0, 0.1) is 0 Å². The summed E-state index contributed by atoms with van der Waals surface area (Å²) in [5.41, 5.74) is 1.09. The van der Waals surface area contributed by atoms with Gasteiger partial charge in [-0.2, -0.15) is 0 Å². The highest BCUT2D eigenvalue weighted by Gasteiger charge is 2.11. The first-order chi connectivity index (χ1) is 8.35. The molecule has 0 radical (unpaired) electrons. The fraction of sp³-hybridized carbons (Fsp3) is 0.385. The van der Waals surface area contributed by atoms with E-state index in [9.17, 15) is 0 Å². The number of hydrogen-bond acceptors (Lipinski definition) is 4. The Morgan fingerprint density at radius 1 is 1.29 bits per heavy atom. The molecule has 3 nitrogen and oxygen atoms in total. The molecule has 0 aliphatic heterocycles. The summed E-state index contributed by atoms with van der Waals surface area (Å²) in [6.07, 6.45) is 7.63. The molecule has 0 saturated heterocycles. The van der Waals surface area contributed by atoms with Crippen LogP contribution in [0.5, 0.6) is 0 Å². The number of rotatable bonds is 5. The van der Waals surface area contributed by atoms with Gasteiger partial charge in [0.2, 0.25) is 0 Å². The van der Waals surface area contributed by atoms with Gasteiger partial charge in [0.15, 0.2) is 0 Å². The molecule has 0 bridgehead atoms. The zero-order valence-corrected chi connectivity index (χ0v) is 11.0. The van der Waals surface area contributed by atoms with Crippen molar-refractivity contribution in [3.05, 3.63) is 35.7 Å². The number of thiophene rings is 1. The molecule has 2 rings (SSSR count). The highest BCUT2D eigenvalue weighted by Crippen LogP contribution is 2.32. The Bertz CT molecular complexity index is 453. The van der Waals surface area contributed by atoms with E-state index in [1.807, 2.05) is 30.8 Å². The molecule has 1 unspecified atom stereocenters. The van der Waals surface area contributed by atoms with Crippen LogP contribution in [0.15, 0.2) is 30.9 Å². The summed E-state index contributed by atoms with van der Waals surface area (Å²) in [4.78, 5) is 10.7. The lowest BCUT2D eigenvalue weighted by atomic mass is 10.1. The molecule has 0 saturated carbocycles. The fourth-order valence-corrected chi connectivity index (χ4v) is 2.97. The molecule has 2 aromatic rings. The van der Waals surface area contributed by atoms with Crippen LogP contribution < -0.4 is 5.32 Å². The zero-order valence-electron chi connectivity index (χ0n) is 10.2. The molecular formula is C13H17N3S. The van der Waals surface area contributed by atoms with Gasteiger partial charge >= 0.3 is 0 Å². The molecule has 17 heavy (non-hydrogen) atoms. The second kappa shape index (κ2) is 5.89. The van der Waals surface area contributed by atoms with Gasteiger partial charge in [0, 0.05) is 33.8 Å². The zero-order chi connectivity index (χ0) is 12.1. The normalized spacial score (nSPS) is 12.6. The molecule has 0 fully saturated rings. The van der Waals surface area contributed by atoms with Crippen molar-refractivity contribution in [3.8, 4) is 10.4 Å². The molecule has 90 valence electrons. The fourth-order valence-electron chi connectivity index (χ4n) is 1.84. The standard InChI is InChI=1S/C13H17N3S/c1-3-4-11(14-2)13-6-5-12(17-13)10-7-15-9-16-8-10/h5-9,11,14H,3-4H2,1-2H3. The predicted octanol–water partition coefficient (Wildman–Crippen LogP) is 3.27. The second-order valence-electron chi connectivity index (χ2n) is 3.96. The largest absolute Gasteiger partial charge is 0.312 e. The van der Waals surface area contributed by atoms with Gasteiger partial charge in [-0.25, -0.2) is 9.97 Å². The molecule has 4 heteroatoms. The molecule has 0 aliphatic rings. The van der Waals surface area contributed by atoms with Gasteiger partial charge in [0.25, 0.3) is 0 Å². The van der Waals surface area contributed by atoms with Crippen LogP contribution in [0.25, 0.3) is 10.4 Å². The minimum absolute atomic E-state index is 0.461. The van der Waals surface area contributed by atoms with Gasteiger partial charge in [0.1, 0.15) is 6.33 Å². The van der Waals surface area contributed by atoms with Crippen molar-refractivity contribution in [2.45, 2.75) is 25.8 Å². The summed E-state index contributed by atoms with van der Waals surface area (Å²) in [6.45, 7) is 2.21. The van der Waals surface area contributed by atoms with Gasteiger partial charge < -0.3 is 5.32 Å². The van der Waals surface area contributed by atoms with Crippen LogP contribution in [0.3, 0.4) is 0 Å². The van der Waals surface area contributed by atoms with Crippen molar-refractivity contribution in [3.63, 3.8) is 0 Å². The average molecular weight is 247 g/mol. The molecule has 2 aromatic heterocycles. The lowest BCUT2D eigenvalue weighted by Gasteiger charge is -2.12. The van der Waals surface area contributed by atoms with Crippen LogP contribution >= 0.6 is 11.3 Å². The Kier molecular flexibility index (Phi) is 4.23. The van der Waals surface area contributed by atoms with Crippen molar-refractivity contribution in [2.75, 3.05) is 7.05 Å². The highest BCUT2D eigenvalue weighted by molar-refractivity contribution is 7.15. The van der Waals surface area contributed by atoms with E-state index in [1.54, 1.807) is 6.33 Å². The lowest BCUT2D eigenvalue weighted by molar-refractivity contribution is 0.550. The molecule has 0 spiro atoms. The molecule has 0 aromatic carbocycles. The molecule has 0 aliphatic carbocycles. The van der Waals surface area contributed by atoms with E-state index in [2.05, 4.69) is 34.3 Å². The molecule has 1 atom stereocenters. The Morgan fingerprint density at radius 3 is 2.71 bits per heavy atom. The maximum atomic E-state index is 4.05. The smallest absolute Gasteiger partial charge is 0.115 e. The van der Waals surface area contributed by atoms with Gasteiger partial charge in [-0.3, -0.25) is 0 Å². The Balaban J connectivity index is 2.21. The van der Waals surface area contributed by atoms with Crippen molar-refractivity contribution in [1.29, 1.82) is 0 Å². The van der Waals surface area contributed by atoms with Crippen molar-refractivity contribution in [2.24, 2.45) is 0 Å². The van der Waals surface area contributed by atoms with E-state index in [4.69, 9.17) is 0 Å². The number of nitrogens with zero attached hydrogens (tertiary/aromatic N) is 2. The molecule has 1 N–H and O–H groups in total. The third-order valence-corrected chi connectivity index (χ3v) is 3.99. The highest BCUT2D eigenvalue weighted by atomic mass is 32.1. The summed E-state index contributed by atoms with van der Waals surface area (Å²) in [6, 6.07) is 4.81. The van der Waals surface area contributed by atoms with Gasteiger partial charge in [-0.1, -0.05) is 13.3 Å². The molecular weight excluding hydrogens is 230 g/mol. The Hall–Kier alpha value is -1.26. The topological polar surface area (TPSA) is 37.8 Å². The third-order valence-electron chi connectivity index (χ3n) is 2.74. The first kappa shape index (κ1) is 12.2. The van der Waals surface area contributed by atoms with Gasteiger partial charge in [-0.15, -0.1) is 11.3 Å². The van der Waals surface area contributed by atoms with Gasteiger partial charge in [-0.05, 0) is 25.6 Å². The summed E-state index contributed by atoms with van der Waals surface area (Å²) >= 11 is 1.82. The van der Waals surface area contributed by atoms with Crippen LogP contribution in [0.2, 0.25) is 0 Å². The van der Waals surface area contributed by atoms with Crippen LogP contribution in [0.4, 0.5) is 0 Å². The number of nitrogens with one attached hydrogen (secondary N) is 1. The molecule has 0 amide bonds. The van der Waals surface area contributed by atoms with E-state index in [0.29, 0.717) is 6.04 Å². The molecule has 2 heterocycles. The van der Waals surface area contributed by atoms with E-state index in [0.717, 1.165) is 5.56 Å². The van der Waals surface area contributed by atoms with Crippen LogP contribution in [-0.2, 0) is 0 Å². The van der Waals surface area contributed by atoms with E-state index in [-0.39, 0.29) is 0 Å².